The highest BCUT2D eigenvalue weighted by Gasteiger charge is 2.62. The van der Waals surface area contributed by atoms with Gasteiger partial charge in [-0.3, -0.25) is 4.79 Å². The minimum Gasteiger partial charge on any atom is -0.460 e. The van der Waals surface area contributed by atoms with Crippen molar-refractivity contribution in [1.29, 1.82) is 0 Å². The van der Waals surface area contributed by atoms with E-state index in [2.05, 4.69) is 0 Å². The van der Waals surface area contributed by atoms with E-state index in [9.17, 15) is 26.7 Å². The van der Waals surface area contributed by atoms with E-state index >= 15 is 0 Å². The van der Waals surface area contributed by atoms with Crippen molar-refractivity contribution >= 4 is 40.8 Å². The summed E-state index contributed by atoms with van der Waals surface area (Å²) in [4.78, 5) is 12.2. The normalized spacial score (nSPS) is 22.0. The molecule has 1 aromatic rings. The van der Waals surface area contributed by atoms with Gasteiger partial charge in [-0.25, -0.2) is 8.78 Å². The van der Waals surface area contributed by atoms with Crippen LogP contribution in [0.5, 0.6) is 0 Å². The van der Waals surface area contributed by atoms with Gasteiger partial charge in [0.1, 0.15) is 23.3 Å². The van der Waals surface area contributed by atoms with Gasteiger partial charge in [-0.05, 0) is 18.3 Å². The summed E-state index contributed by atoms with van der Waals surface area (Å²) >= 11 is 16.8. The lowest BCUT2D eigenvalue weighted by Gasteiger charge is -2.12. The third kappa shape index (κ3) is 4.20. The van der Waals surface area contributed by atoms with E-state index in [4.69, 9.17) is 39.5 Å². The Bertz CT molecular complexity index is 789. The summed E-state index contributed by atoms with van der Waals surface area (Å²) < 4.78 is 70.4. The molecule has 1 saturated carbocycles. The second-order valence-corrected chi connectivity index (χ2v) is 7.97. The average Bonchev–Trinajstić information content (AvgIpc) is 3.10. The minimum absolute atomic E-state index is 0.258. The highest BCUT2D eigenvalue weighted by atomic mass is 35.5. The number of allylic oxidation sites excluding steroid dienone is 2. The molecule has 0 aromatic heterocycles. The highest BCUT2D eigenvalue weighted by Crippen LogP contribution is 2.60. The Morgan fingerprint density at radius 2 is 1.67 bits per heavy atom. The maximum absolute atomic E-state index is 13.9. The fourth-order valence-electron chi connectivity index (χ4n) is 2.84. The van der Waals surface area contributed by atoms with E-state index in [-0.39, 0.29) is 11.1 Å². The molecule has 1 fully saturated rings. The van der Waals surface area contributed by atoms with Crippen LogP contribution in [0, 0.1) is 35.8 Å². The van der Waals surface area contributed by atoms with E-state index in [0.29, 0.717) is 0 Å². The Labute approximate surface area is 167 Å². The molecule has 0 radical (unpaired) electrons. The molecule has 2 rings (SSSR count). The molecule has 0 bridgehead atoms. The van der Waals surface area contributed by atoms with Gasteiger partial charge < -0.3 is 4.74 Å². The number of rotatable bonds is 4. The first-order valence-electron chi connectivity index (χ1n) is 7.63. The number of esters is 1. The van der Waals surface area contributed by atoms with E-state index in [1.807, 2.05) is 0 Å². The van der Waals surface area contributed by atoms with Gasteiger partial charge in [0, 0.05) is 11.1 Å². The molecule has 1 aliphatic carbocycles. The molecule has 1 aromatic carbocycles. The summed E-state index contributed by atoms with van der Waals surface area (Å²) in [5.41, 5.74) is -1.46. The van der Waals surface area contributed by atoms with E-state index < -0.39 is 62.7 Å². The smallest absolute Gasteiger partial charge is 0.426 e. The minimum atomic E-state index is -4.72. The largest absolute Gasteiger partial charge is 0.460 e. The summed E-state index contributed by atoms with van der Waals surface area (Å²) in [6.07, 6.45) is -3.95. The Kier molecular flexibility index (Phi) is 6.10. The first kappa shape index (κ1) is 22.2. The van der Waals surface area contributed by atoms with Crippen LogP contribution < -0.4 is 0 Å². The van der Waals surface area contributed by atoms with Gasteiger partial charge in [0.25, 0.3) is 0 Å². The van der Waals surface area contributed by atoms with Crippen molar-refractivity contribution in [2.75, 3.05) is 0 Å². The molecule has 0 saturated heterocycles. The van der Waals surface area contributed by atoms with Crippen LogP contribution in [0.1, 0.15) is 25.0 Å². The maximum Gasteiger partial charge on any atom is 0.426 e. The summed E-state index contributed by atoms with van der Waals surface area (Å²) in [6, 6.07) is 0. The number of benzene rings is 1. The van der Waals surface area contributed by atoms with Gasteiger partial charge >= 0.3 is 12.1 Å². The number of hydrogen-bond acceptors (Lipinski definition) is 2. The molecule has 0 heterocycles. The van der Waals surface area contributed by atoms with E-state index in [0.717, 1.165) is 13.0 Å². The number of ether oxygens (including phenoxy) is 1. The first-order chi connectivity index (χ1) is 12.2. The number of halogens is 8. The van der Waals surface area contributed by atoms with Crippen LogP contribution in [-0.4, -0.2) is 12.1 Å². The zero-order valence-electron chi connectivity index (χ0n) is 14.3. The van der Waals surface area contributed by atoms with Crippen LogP contribution >= 0.6 is 34.8 Å². The van der Waals surface area contributed by atoms with Crippen LogP contribution in [0.25, 0.3) is 0 Å². The fraction of sp³-hybridized carbons (Fsp3) is 0.471. The van der Waals surface area contributed by atoms with Crippen molar-refractivity contribution < 1.29 is 31.5 Å². The van der Waals surface area contributed by atoms with Crippen LogP contribution in [0.4, 0.5) is 22.0 Å². The summed E-state index contributed by atoms with van der Waals surface area (Å²) in [6.45, 7) is 3.67. The maximum atomic E-state index is 13.9. The molecule has 0 unspecified atom stereocenters. The van der Waals surface area contributed by atoms with Gasteiger partial charge in [-0.15, -0.1) is 0 Å². The zero-order chi connectivity index (χ0) is 20.9. The van der Waals surface area contributed by atoms with Gasteiger partial charge in [0.15, 0.2) is 0 Å². The van der Waals surface area contributed by atoms with E-state index in [1.165, 1.54) is 0 Å². The predicted octanol–water partition coefficient (Wildman–Crippen LogP) is 6.58. The lowest BCUT2D eigenvalue weighted by atomic mass is 10.1. The summed E-state index contributed by atoms with van der Waals surface area (Å²) in [7, 11) is 0. The lowest BCUT2D eigenvalue weighted by molar-refractivity contribution is -0.147. The van der Waals surface area contributed by atoms with Crippen LogP contribution in [0.15, 0.2) is 11.1 Å². The van der Waals surface area contributed by atoms with Crippen molar-refractivity contribution in [3.63, 3.8) is 0 Å². The number of carbonyl (C=O) groups excluding carboxylic acids is 1. The average molecular weight is 452 g/mol. The number of alkyl halides is 3. The van der Waals surface area contributed by atoms with Crippen molar-refractivity contribution in [2.24, 2.45) is 17.3 Å². The predicted molar refractivity (Wildman–Crippen MR) is 91.7 cm³/mol. The van der Waals surface area contributed by atoms with Crippen molar-refractivity contribution in [3.05, 3.63) is 43.9 Å². The Morgan fingerprint density at radius 1 is 1.19 bits per heavy atom. The van der Waals surface area contributed by atoms with E-state index in [1.54, 1.807) is 13.8 Å². The molecule has 10 heteroatoms. The first-order valence-corrected chi connectivity index (χ1v) is 8.77. The third-order valence-corrected chi connectivity index (χ3v) is 5.82. The Balaban J connectivity index is 2.16. The van der Waals surface area contributed by atoms with Gasteiger partial charge in [-0.1, -0.05) is 54.7 Å². The monoisotopic (exact) mass is 450 g/mol. The van der Waals surface area contributed by atoms with Gasteiger partial charge in [0.05, 0.1) is 16.0 Å². The van der Waals surface area contributed by atoms with Crippen molar-refractivity contribution in [1.82, 2.24) is 0 Å². The standard InChI is InChI=1S/C17H14Cl3F5O2/c1-6-13(21)11(19)7(12(20)14(6)22)5-27-15(26)10-8(16(10,2)3)4-9(18)17(23,24)25/h4,8,10H,5H2,1-3H3/b9-4-/t8-,10-/m0/s1. The molecular weight excluding hydrogens is 438 g/mol. The quantitative estimate of drug-likeness (QED) is 0.294. The molecule has 0 spiro atoms. The highest BCUT2D eigenvalue weighted by molar-refractivity contribution is 6.36. The Hall–Kier alpha value is -1.05. The SMILES string of the molecule is Cc1c(F)c(Cl)c(COC(=O)[C@@H]2[C@H](/C=C(\Cl)C(F)(F)F)C2(C)C)c(Cl)c1F. The number of carbonyl (C=O) groups is 1. The lowest BCUT2D eigenvalue weighted by Crippen LogP contribution is -2.12. The molecule has 1 aliphatic rings. The molecule has 0 aliphatic heterocycles. The van der Waals surface area contributed by atoms with Crippen LogP contribution in [0.3, 0.4) is 0 Å². The molecule has 2 atom stereocenters. The summed E-state index contributed by atoms with van der Waals surface area (Å²) in [5, 5.41) is -2.30. The van der Waals surface area contributed by atoms with Crippen molar-refractivity contribution in [3.8, 4) is 0 Å². The topological polar surface area (TPSA) is 26.3 Å². The van der Waals surface area contributed by atoms with Crippen LogP contribution in [0.2, 0.25) is 10.0 Å². The second kappa shape index (κ2) is 7.41. The number of hydrogen-bond donors (Lipinski definition) is 0. The molecule has 0 amide bonds. The Morgan fingerprint density at radius 3 is 2.11 bits per heavy atom. The second-order valence-electron chi connectivity index (χ2n) is 6.80. The molecule has 2 nitrogen and oxygen atoms in total. The van der Waals surface area contributed by atoms with Gasteiger partial charge in [-0.2, -0.15) is 13.2 Å². The van der Waals surface area contributed by atoms with Gasteiger partial charge in [0.2, 0.25) is 0 Å². The van der Waals surface area contributed by atoms with Crippen molar-refractivity contribution in [2.45, 2.75) is 33.6 Å². The molecule has 27 heavy (non-hydrogen) atoms. The third-order valence-electron chi connectivity index (χ3n) is 4.69. The molecule has 0 N–H and O–H groups in total. The van der Waals surface area contributed by atoms with Crippen LogP contribution in [-0.2, 0) is 16.1 Å². The zero-order valence-corrected chi connectivity index (χ0v) is 16.5. The molecule has 150 valence electrons. The fourth-order valence-corrected chi connectivity index (χ4v) is 3.60. The molecular formula is C17H14Cl3F5O2. The summed E-state index contributed by atoms with van der Waals surface area (Å²) in [5.74, 6) is -4.60.